The Bertz CT molecular complexity index is 1490. The van der Waals surface area contributed by atoms with E-state index in [0.717, 1.165) is 44.0 Å². The maximum atomic E-state index is 14.4. The number of hydrogen-bond donors (Lipinski definition) is 2. The molecule has 1 aliphatic carbocycles. The number of hydrogen-bond acceptors (Lipinski definition) is 9. The highest BCUT2D eigenvalue weighted by Crippen LogP contribution is 2.34. The van der Waals surface area contributed by atoms with Crippen molar-refractivity contribution in [3.8, 4) is 11.5 Å². The summed E-state index contributed by atoms with van der Waals surface area (Å²) in [5.74, 6) is -1.12. The molecule has 2 saturated heterocycles. The van der Waals surface area contributed by atoms with Gasteiger partial charge in [-0.05, 0) is 37.5 Å². The second-order valence-corrected chi connectivity index (χ2v) is 10.4. The van der Waals surface area contributed by atoms with Crippen molar-refractivity contribution in [2.45, 2.75) is 50.4 Å². The van der Waals surface area contributed by atoms with Crippen LogP contribution in [0.2, 0.25) is 0 Å². The van der Waals surface area contributed by atoms with Crippen LogP contribution in [0.4, 0.5) is 29.2 Å². The Morgan fingerprint density at radius 3 is 2.30 bits per heavy atom. The van der Waals surface area contributed by atoms with Crippen LogP contribution < -0.4 is 19.7 Å². The van der Waals surface area contributed by atoms with Crippen LogP contribution in [-0.2, 0) is 4.79 Å². The van der Waals surface area contributed by atoms with E-state index in [1.165, 1.54) is 13.2 Å². The number of anilines is 2. The van der Waals surface area contributed by atoms with Gasteiger partial charge >= 0.3 is 12.1 Å². The average Bonchev–Trinajstić information content (AvgIpc) is 3.77. The Labute approximate surface area is 243 Å². The molecule has 2 aromatic heterocycles. The molecule has 0 spiro atoms. The molecule has 0 radical (unpaired) electrons. The zero-order chi connectivity index (χ0) is 30.7. The second-order valence-electron chi connectivity index (χ2n) is 10.4. The molecule has 230 valence electrons. The number of carboxylic acid groups (broad SMARTS) is 1. The zero-order valence-corrected chi connectivity index (χ0v) is 23.2. The second kappa shape index (κ2) is 12.4. The van der Waals surface area contributed by atoms with Gasteiger partial charge in [0.15, 0.2) is 28.9 Å². The number of methoxy groups -OCH3 is 1. The summed E-state index contributed by atoms with van der Waals surface area (Å²) in [5.41, 5.74) is 1.55. The lowest BCUT2D eigenvalue weighted by atomic mass is 10.1. The molecule has 1 saturated carbocycles. The summed E-state index contributed by atoms with van der Waals surface area (Å²) >= 11 is 0. The minimum atomic E-state index is -5.08. The third-order valence-corrected chi connectivity index (χ3v) is 7.25. The summed E-state index contributed by atoms with van der Waals surface area (Å²) in [6.45, 7) is 2.86. The summed E-state index contributed by atoms with van der Waals surface area (Å²) in [6.07, 6.45) is 1.09. The smallest absolute Gasteiger partial charge is 0.490 e. The van der Waals surface area contributed by atoms with Gasteiger partial charge in [0.05, 0.1) is 12.6 Å². The molecular weight excluding hydrogens is 576 g/mol. The lowest BCUT2D eigenvalue weighted by Crippen LogP contribution is -2.42. The minimum Gasteiger partial charge on any atom is -0.497 e. The SMILES string of the molecule is COc1ccc(OC2CCN(c3nc4c(C(=O)N5CCC5)nccc4nc3NC3CC3)CC2)c(F)c1.O=C(O)C(F)(F)F. The molecule has 43 heavy (non-hydrogen) atoms. The van der Waals surface area contributed by atoms with Gasteiger partial charge in [0.1, 0.15) is 17.4 Å². The first-order chi connectivity index (χ1) is 20.5. The van der Waals surface area contributed by atoms with Gasteiger partial charge in [-0.1, -0.05) is 0 Å². The Hall–Kier alpha value is -4.43. The van der Waals surface area contributed by atoms with E-state index >= 15 is 0 Å². The fourth-order valence-electron chi connectivity index (χ4n) is 4.61. The molecule has 3 aliphatic rings. The quantitative estimate of drug-likeness (QED) is 0.376. The van der Waals surface area contributed by atoms with Gasteiger partial charge in [0.25, 0.3) is 5.91 Å². The normalized spacial score (nSPS) is 17.0. The molecule has 0 unspecified atom stereocenters. The van der Waals surface area contributed by atoms with Crippen LogP contribution in [0.1, 0.15) is 42.6 Å². The number of fused-ring (bicyclic) bond motifs is 1. The number of carbonyl (C=O) groups is 2. The molecule has 3 fully saturated rings. The monoisotopic (exact) mass is 606 g/mol. The predicted molar refractivity (Wildman–Crippen MR) is 147 cm³/mol. The van der Waals surface area contributed by atoms with E-state index in [4.69, 9.17) is 29.3 Å². The standard InChI is InChI=1S/C26H29FN6O3.C2HF3O2/c1-35-18-5-6-21(19(27)15-18)36-17-8-13-32(14-9-17)25-24(29-16-3-4-16)30-20-7-10-28-23(22(20)31-25)26(34)33-11-2-12-33;3-2(4,5)1(6)7/h5-7,10,15-17H,2-4,8-9,11-14H2,1H3,(H,29,30);(H,6,7). The molecule has 3 aromatic rings. The molecule has 6 rings (SSSR count). The van der Waals surface area contributed by atoms with Gasteiger partial charge in [-0.2, -0.15) is 13.2 Å². The molecule has 15 heteroatoms. The number of alkyl halides is 3. The lowest BCUT2D eigenvalue weighted by Gasteiger charge is -2.34. The number of piperidine rings is 1. The maximum Gasteiger partial charge on any atom is 0.490 e. The van der Waals surface area contributed by atoms with Crippen LogP contribution in [0.3, 0.4) is 0 Å². The molecule has 4 heterocycles. The largest absolute Gasteiger partial charge is 0.497 e. The van der Waals surface area contributed by atoms with Crippen molar-refractivity contribution < 1.29 is 41.7 Å². The zero-order valence-electron chi connectivity index (χ0n) is 23.2. The van der Waals surface area contributed by atoms with Gasteiger partial charge in [-0.25, -0.2) is 24.1 Å². The number of aromatic nitrogens is 3. The Balaban J connectivity index is 0.000000472. The maximum absolute atomic E-state index is 14.4. The molecule has 0 bridgehead atoms. The van der Waals surface area contributed by atoms with Crippen LogP contribution in [0.25, 0.3) is 11.0 Å². The van der Waals surface area contributed by atoms with Crippen LogP contribution >= 0.6 is 0 Å². The van der Waals surface area contributed by atoms with E-state index < -0.39 is 18.0 Å². The van der Waals surface area contributed by atoms with E-state index in [1.807, 2.05) is 0 Å². The Morgan fingerprint density at radius 2 is 1.74 bits per heavy atom. The highest BCUT2D eigenvalue weighted by molar-refractivity contribution is 6.03. The number of nitrogens with one attached hydrogen (secondary N) is 1. The van der Waals surface area contributed by atoms with Gasteiger partial charge in [-0.3, -0.25) is 4.79 Å². The van der Waals surface area contributed by atoms with Gasteiger partial charge < -0.3 is 29.7 Å². The topological polar surface area (TPSA) is 130 Å². The molecule has 0 atom stereocenters. The highest BCUT2D eigenvalue weighted by atomic mass is 19.4. The number of nitrogens with zero attached hydrogens (tertiary/aromatic N) is 5. The summed E-state index contributed by atoms with van der Waals surface area (Å²) in [6, 6.07) is 6.84. The number of amides is 1. The molecule has 2 N–H and O–H groups in total. The number of benzene rings is 1. The number of carbonyl (C=O) groups excluding carboxylic acids is 1. The van der Waals surface area contributed by atoms with Gasteiger partial charge in [0.2, 0.25) is 0 Å². The van der Waals surface area contributed by atoms with E-state index in [-0.39, 0.29) is 17.8 Å². The number of carboxylic acids is 1. The Kier molecular flexibility index (Phi) is 8.69. The van der Waals surface area contributed by atoms with Crippen molar-refractivity contribution in [1.82, 2.24) is 19.9 Å². The van der Waals surface area contributed by atoms with Crippen LogP contribution in [0.5, 0.6) is 11.5 Å². The number of rotatable bonds is 7. The fourth-order valence-corrected chi connectivity index (χ4v) is 4.61. The summed E-state index contributed by atoms with van der Waals surface area (Å²) in [4.78, 5) is 40.1. The number of pyridine rings is 1. The summed E-state index contributed by atoms with van der Waals surface area (Å²) in [7, 11) is 1.51. The van der Waals surface area contributed by atoms with E-state index in [2.05, 4.69) is 15.2 Å². The molecule has 11 nitrogen and oxygen atoms in total. The first kappa shape index (κ1) is 30.0. The number of likely N-dealkylation sites (tertiary alicyclic amines) is 1. The molecule has 1 aromatic carbocycles. The lowest BCUT2D eigenvalue weighted by molar-refractivity contribution is -0.192. The predicted octanol–water partition coefficient (Wildman–Crippen LogP) is 4.27. The summed E-state index contributed by atoms with van der Waals surface area (Å²) in [5, 5.41) is 10.6. The Morgan fingerprint density at radius 1 is 1.05 bits per heavy atom. The highest BCUT2D eigenvalue weighted by Gasteiger charge is 2.38. The number of halogens is 4. The van der Waals surface area contributed by atoms with Crippen LogP contribution in [-0.4, -0.2) is 88.4 Å². The van der Waals surface area contributed by atoms with E-state index in [1.54, 1.807) is 29.3 Å². The van der Waals surface area contributed by atoms with Crippen molar-refractivity contribution in [3.05, 3.63) is 42.0 Å². The molecule has 1 amide bonds. The molecule has 2 aliphatic heterocycles. The first-order valence-corrected chi connectivity index (χ1v) is 13.8. The van der Waals surface area contributed by atoms with Crippen molar-refractivity contribution in [2.24, 2.45) is 0 Å². The molecular formula is C28H30F4N6O5. The third kappa shape index (κ3) is 7.14. The van der Waals surface area contributed by atoms with Crippen molar-refractivity contribution in [2.75, 3.05) is 43.5 Å². The van der Waals surface area contributed by atoms with Gasteiger partial charge in [0, 0.05) is 57.3 Å². The minimum absolute atomic E-state index is 0.0939. The third-order valence-electron chi connectivity index (χ3n) is 7.25. The van der Waals surface area contributed by atoms with Crippen molar-refractivity contribution in [3.63, 3.8) is 0 Å². The number of ether oxygens (including phenoxy) is 2. The average molecular weight is 607 g/mol. The van der Waals surface area contributed by atoms with E-state index in [9.17, 15) is 22.4 Å². The summed E-state index contributed by atoms with van der Waals surface area (Å²) < 4.78 is 57.2. The van der Waals surface area contributed by atoms with Crippen molar-refractivity contribution in [1.29, 1.82) is 0 Å². The van der Waals surface area contributed by atoms with Crippen LogP contribution in [0, 0.1) is 5.82 Å². The van der Waals surface area contributed by atoms with Gasteiger partial charge in [-0.15, -0.1) is 0 Å². The fraction of sp³-hybridized carbons (Fsp3) is 0.464. The van der Waals surface area contributed by atoms with E-state index in [0.29, 0.717) is 54.4 Å². The first-order valence-electron chi connectivity index (χ1n) is 13.8. The number of aliphatic carboxylic acids is 1. The van der Waals surface area contributed by atoms with Crippen molar-refractivity contribution >= 4 is 34.5 Å². The van der Waals surface area contributed by atoms with Crippen LogP contribution in [0.15, 0.2) is 30.5 Å².